The summed E-state index contributed by atoms with van der Waals surface area (Å²) in [7, 11) is 0. The van der Waals surface area contributed by atoms with Crippen LogP contribution < -0.4 is 5.73 Å². The van der Waals surface area contributed by atoms with E-state index in [1.165, 1.54) is 0 Å². The van der Waals surface area contributed by atoms with Gasteiger partial charge in [0.05, 0.1) is 0 Å². The van der Waals surface area contributed by atoms with E-state index in [-0.39, 0.29) is 24.5 Å². The average molecular weight is 186 g/mol. The molecule has 3 heteroatoms. The normalized spacial score (nSPS) is 8.45. The summed E-state index contributed by atoms with van der Waals surface area (Å²) < 4.78 is 0. The van der Waals surface area contributed by atoms with Gasteiger partial charge < -0.3 is 5.73 Å². The molecule has 0 aliphatic rings. The summed E-state index contributed by atoms with van der Waals surface area (Å²) in [6, 6.07) is 7.16. The fourth-order valence-corrected chi connectivity index (χ4v) is 0.718. The van der Waals surface area contributed by atoms with Crippen molar-refractivity contribution in [3.8, 4) is 0 Å². The Hall–Kier alpha value is -0.726. The van der Waals surface area contributed by atoms with Crippen LogP contribution in [-0.4, -0.2) is 5.91 Å². The monoisotopic (exact) mass is 186 g/mol. The molecule has 1 aromatic rings. The molecule has 0 fully saturated rings. The van der Waals surface area contributed by atoms with Crippen LogP contribution in [0, 0.1) is 6.92 Å². The van der Waals surface area contributed by atoms with E-state index in [2.05, 4.69) is 0 Å². The summed E-state index contributed by atoms with van der Waals surface area (Å²) in [5, 5.41) is 0. The van der Waals surface area contributed by atoms with Crippen LogP contribution in [0.25, 0.3) is 0 Å². The summed E-state index contributed by atoms with van der Waals surface area (Å²) in [5.74, 6) is -0.375. The third-order valence-electron chi connectivity index (χ3n) is 1.34. The first-order chi connectivity index (χ1) is 4.70. The maximum atomic E-state index is 10.5. The zero-order valence-electron chi connectivity index (χ0n) is 6.24. The van der Waals surface area contributed by atoms with E-state index >= 15 is 0 Å². The maximum absolute atomic E-state index is 10.5. The SMILES string of the molecule is Cc1ccc(C(N)=O)cc1.[V]. The third-order valence-corrected chi connectivity index (χ3v) is 1.34. The molecule has 57 valence electrons. The molecule has 0 aliphatic heterocycles. The van der Waals surface area contributed by atoms with Crippen LogP contribution in [-0.2, 0) is 18.6 Å². The number of carbonyl (C=O) groups excluding carboxylic acids is 1. The summed E-state index contributed by atoms with van der Waals surface area (Å²) in [4.78, 5) is 10.5. The van der Waals surface area contributed by atoms with E-state index in [0.29, 0.717) is 5.56 Å². The smallest absolute Gasteiger partial charge is 0.248 e. The number of amides is 1. The first-order valence-corrected chi connectivity index (χ1v) is 3.06. The molecule has 2 nitrogen and oxygen atoms in total. The molecule has 1 aromatic carbocycles. The van der Waals surface area contributed by atoms with E-state index in [1.54, 1.807) is 12.1 Å². The van der Waals surface area contributed by atoms with E-state index in [9.17, 15) is 4.79 Å². The molecule has 0 aromatic heterocycles. The van der Waals surface area contributed by atoms with Crippen molar-refractivity contribution in [1.29, 1.82) is 0 Å². The van der Waals surface area contributed by atoms with Gasteiger partial charge in [-0.05, 0) is 19.1 Å². The Bertz CT molecular complexity index is 243. The molecule has 0 bridgehead atoms. The Kier molecular flexibility index (Phi) is 3.94. The predicted molar refractivity (Wildman–Crippen MR) is 39.7 cm³/mol. The first-order valence-electron chi connectivity index (χ1n) is 3.06. The van der Waals surface area contributed by atoms with Gasteiger partial charge in [-0.2, -0.15) is 0 Å². The molecule has 0 atom stereocenters. The Morgan fingerprint density at radius 2 is 1.73 bits per heavy atom. The number of hydrogen-bond acceptors (Lipinski definition) is 1. The van der Waals surface area contributed by atoms with Crippen molar-refractivity contribution in [2.75, 3.05) is 0 Å². The van der Waals surface area contributed by atoms with Gasteiger partial charge in [0.1, 0.15) is 0 Å². The molecule has 1 rings (SSSR count). The number of aryl methyl sites for hydroxylation is 1. The third kappa shape index (κ3) is 2.79. The quantitative estimate of drug-likeness (QED) is 0.700. The van der Waals surface area contributed by atoms with Crippen molar-refractivity contribution in [3.05, 3.63) is 35.4 Å². The van der Waals surface area contributed by atoms with Gasteiger partial charge in [-0.25, -0.2) is 0 Å². The van der Waals surface area contributed by atoms with E-state index in [4.69, 9.17) is 5.73 Å². The van der Waals surface area contributed by atoms with E-state index in [0.717, 1.165) is 5.56 Å². The zero-order chi connectivity index (χ0) is 7.56. The first kappa shape index (κ1) is 10.3. The number of rotatable bonds is 1. The molecule has 11 heavy (non-hydrogen) atoms. The topological polar surface area (TPSA) is 43.1 Å². The van der Waals surface area contributed by atoms with Crippen molar-refractivity contribution in [2.24, 2.45) is 5.73 Å². The maximum Gasteiger partial charge on any atom is 0.248 e. The summed E-state index contributed by atoms with van der Waals surface area (Å²) >= 11 is 0. The van der Waals surface area contributed by atoms with E-state index in [1.807, 2.05) is 19.1 Å². The second kappa shape index (κ2) is 4.21. The van der Waals surface area contributed by atoms with Gasteiger partial charge in [-0.3, -0.25) is 4.79 Å². The van der Waals surface area contributed by atoms with Gasteiger partial charge >= 0.3 is 0 Å². The van der Waals surface area contributed by atoms with Gasteiger partial charge in [0.2, 0.25) is 5.91 Å². The van der Waals surface area contributed by atoms with Crippen LogP contribution in [0.3, 0.4) is 0 Å². The number of nitrogens with two attached hydrogens (primary N) is 1. The minimum absolute atomic E-state index is 0. The fraction of sp³-hybridized carbons (Fsp3) is 0.125. The van der Waals surface area contributed by atoms with Crippen molar-refractivity contribution in [3.63, 3.8) is 0 Å². The Morgan fingerprint density at radius 3 is 2.09 bits per heavy atom. The van der Waals surface area contributed by atoms with Gasteiger partial charge in [0.15, 0.2) is 0 Å². The largest absolute Gasteiger partial charge is 0.366 e. The molecule has 0 saturated heterocycles. The fourth-order valence-electron chi connectivity index (χ4n) is 0.718. The van der Waals surface area contributed by atoms with E-state index < -0.39 is 0 Å². The Labute approximate surface area is 77.7 Å². The molecule has 0 heterocycles. The molecule has 0 aliphatic carbocycles. The van der Waals surface area contributed by atoms with Gasteiger partial charge in [0.25, 0.3) is 0 Å². The second-order valence-electron chi connectivity index (χ2n) is 2.23. The molecule has 1 amide bonds. The summed E-state index contributed by atoms with van der Waals surface area (Å²) in [5.41, 5.74) is 6.72. The molecular weight excluding hydrogens is 177 g/mol. The standard InChI is InChI=1S/C8H9NO.V/c1-6-2-4-7(5-3-6)8(9)10;/h2-5H,1H3,(H2,9,10);. The van der Waals surface area contributed by atoms with Crippen molar-refractivity contribution in [1.82, 2.24) is 0 Å². The minimum Gasteiger partial charge on any atom is -0.366 e. The van der Waals surface area contributed by atoms with Crippen LogP contribution >= 0.6 is 0 Å². The minimum atomic E-state index is -0.375. The summed E-state index contributed by atoms with van der Waals surface area (Å²) in [6.07, 6.45) is 0. The number of carbonyl (C=O) groups is 1. The summed E-state index contributed by atoms with van der Waals surface area (Å²) in [6.45, 7) is 1.96. The molecule has 0 saturated carbocycles. The van der Waals surface area contributed by atoms with Crippen LogP contribution in [0.1, 0.15) is 15.9 Å². The average Bonchev–Trinajstić information content (AvgIpc) is 1.88. The number of primary amides is 1. The van der Waals surface area contributed by atoms with Crippen LogP contribution in [0.4, 0.5) is 0 Å². The van der Waals surface area contributed by atoms with Gasteiger partial charge in [-0.1, -0.05) is 17.7 Å². The number of hydrogen-bond donors (Lipinski definition) is 1. The second-order valence-corrected chi connectivity index (χ2v) is 2.23. The molecule has 0 unspecified atom stereocenters. The molecule has 2 N–H and O–H groups in total. The van der Waals surface area contributed by atoms with Crippen molar-refractivity contribution >= 4 is 5.91 Å². The van der Waals surface area contributed by atoms with Gasteiger partial charge in [0, 0.05) is 24.1 Å². The van der Waals surface area contributed by atoms with Crippen LogP contribution in [0.15, 0.2) is 24.3 Å². The van der Waals surface area contributed by atoms with Crippen LogP contribution in [0.5, 0.6) is 0 Å². The van der Waals surface area contributed by atoms with Gasteiger partial charge in [-0.15, -0.1) is 0 Å². The van der Waals surface area contributed by atoms with Crippen molar-refractivity contribution in [2.45, 2.75) is 6.92 Å². The predicted octanol–water partition coefficient (Wildman–Crippen LogP) is 1.09. The molecule has 1 radical (unpaired) electrons. The van der Waals surface area contributed by atoms with Crippen LogP contribution in [0.2, 0.25) is 0 Å². The number of benzene rings is 1. The Morgan fingerprint density at radius 1 is 1.27 bits per heavy atom. The van der Waals surface area contributed by atoms with Crippen molar-refractivity contribution < 1.29 is 23.4 Å². The molecule has 0 spiro atoms. The Balaban J connectivity index is 0.000001000. The zero-order valence-corrected chi connectivity index (χ0v) is 7.64. The molecular formula is C8H9NOV.